The Balaban J connectivity index is 1.82. The molecule has 1 heterocycles. The maximum atomic E-state index is 11.8. The van der Waals surface area contributed by atoms with Gasteiger partial charge < -0.3 is 9.73 Å². The van der Waals surface area contributed by atoms with Gasteiger partial charge in [-0.3, -0.25) is 14.9 Å². The second-order valence-electron chi connectivity index (χ2n) is 4.48. The average Bonchev–Trinajstić information content (AvgIpc) is 2.88. The number of halogens is 1. The summed E-state index contributed by atoms with van der Waals surface area (Å²) in [4.78, 5) is 22.7. The van der Waals surface area contributed by atoms with Gasteiger partial charge in [-0.25, -0.2) is 0 Å². The van der Waals surface area contributed by atoms with Gasteiger partial charge in [0.15, 0.2) is 11.6 Å². The average molecular weight is 307 g/mol. The molecule has 6 heteroatoms. The summed E-state index contributed by atoms with van der Waals surface area (Å²) in [6.07, 6.45) is 0.697. The van der Waals surface area contributed by atoms with E-state index in [2.05, 4.69) is 10.6 Å². The van der Waals surface area contributed by atoms with Crippen LogP contribution in [0.5, 0.6) is 0 Å². The number of hydrogen-bond acceptors (Lipinski definition) is 3. The van der Waals surface area contributed by atoms with E-state index in [4.69, 9.17) is 16.0 Å². The third-order valence-electron chi connectivity index (χ3n) is 2.74. The molecule has 0 saturated heterocycles. The van der Waals surface area contributed by atoms with Gasteiger partial charge in [0, 0.05) is 24.6 Å². The number of amides is 2. The predicted octanol–water partition coefficient (Wildman–Crippen LogP) is 2.86. The lowest BCUT2D eigenvalue weighted by Gasteiger charge is -2.04. The molecule has 0 bridgehead atoms. The zero-order valence-corrected chi connectivity index (χ0v) is 12.2. The Labute approximate surface area is 127 Å². The molecule has 2 amide bonds. The van der Waals surface area contributed by atoms with Crippen molar-refractivity contribution in [2.45, 2.75) is 13.3 Å². The highest BCUT2D eigenvalue weighted by atomic mass is 35.5. The van der Waals surface area contributed by atoms with Crippen molar-refractivity contribution < 1.29 is 14.0 Å². The number of furan rings is 1. The first kappa shape index (κ1) is 15.1. The van der Waals surface area contributed by atoms with Crippen LogP contribution in [0.1, 0.15) is 23.0 Å². The first-order valence-corrected chi connectivity index (χ1v) is 6.82. The number of hydrogen-bond donors (Lipinski definition) is 2. The SMILES string of the molecule is CC(=O)Nc1ccc(C(=O)NCCc2ccc(Cl)cc2)o1. The third-order valence-corrected chi connectivity index (χ3v) is 2.99. The first-order valence-electron chi connectivity index (χ1n) is 6.44. The summed E-state index contributed by atoms with van der Waals surface area (Å²) >= 11 is 5.80. The number of anilines is 1. The molecule has 0 fully saturated rings. The Kier molecular flexibility index (Phi) is 5.00. The minimum absolute atomic E-state index is 0.162. The van der Waals surface area contributed by atoms with Gasteiger partial charge in [0.25, 0.3) is 5.91 Å². The molecule has 0 saturated carbocycles. The van der Waals surface area contributed by atoms with Crippen LogP contribution in [-0.4, -0.2) is 18.4 Å². The van der Waals surface area contributed by atoms with Crippen LogP contribution in [0.4, 0.5) is 5.88 Å². The van der Waals surface area contributed by atoms with Crippen molar-refractivity contribution in [3.63, 3.8) is 0 Å². The largest absolute Gasteiger partial charge is 0.435 e. The summed E-state index contributed by atoms with van der Waals surface area (Å²) in [5.74, 6) is -0.153. The van der Waals surface area contributed by atoms with E-state index in [0.29, 0.717) is 18.0 Å². The van der Waals surface area contributed by atoms with Crippen molar-refractivity contribution in [1.82, 2.24) is 5.32 Å². The van der Waals surface area contributed by atoms with Crippen LogP contribution in [0.25, 0.3) is 0 Å². The topological polar surface area (TPSA) is 71.3 Å². The van der Waals surface area contributed by atoms with Gasteiger partial charge in [-0.15, -0.1) is 0 Å². The van der Waals surface area contributed by atoms with Gasteiger partial charge >= 0.3 is 0 Å². The van der Waals surface area contributed by atoms with Gasteiger partial charge in [0.05, 0.1) is 0 Å². The fourth-order valence-corrected chi connectivity index (χ4v) is 1.89. The number of carbonyl (C=O) groups excluding carboxylic acids is 2. The van der Waals surface area contributed by atoms with Crippen LogP contribution < -0.4 is 10.6 Å². The predicted molar refractivity (Wildman–Crippen MR) is 80.5 cm³/mol. The minimum Gasteiger partial charge on any atom is -0.435 e. The highest BCUT2D eigenvalue weighted by Gasteiger charge is 2.11. The monoisotopic (exact) mass is 306 g/mol. The second-order valence-corrected chi connectivity index (χ2v) is 4.91. The van der Waals surface area contributed by atoms with Crippen LogP contribution in [0.2, 0.25) is 5.02 Å². The molecule has 5 nitrogen and oxygen atoms in total. The molecular weight excluding hydrogens is 292 g/mol. The van der Waals surface area contributed by atoms with Gasteiger partial charge in [-0.2, -0.15) is 0 Å². The highest BCUT2D eigenvalue weighted by Crippen LogP contribution is 2.13. The number of carbonyl (C=O) groups is 2. The normalized spacial score (nSPS) is 10.2. The Morgan fingerprint density at radius 1 is 1.14 bits per heavy atom. The molecule has 0 aliphatic rings. The molecule has 0 radical (unpaired) electrons. The van der Waals surface area contributed by atoms with E-state index in [1.807, 2.05) is 24.3 Å². The van der Waals surface area contributed by atoms with Gasteiger partial charge in [0.2, 0.25) is 5.91 Å². The zero-order valence-electron chi connectivity index (χ0n) is 11.5. The van der Waals surface area contributed by atoms with E-state index in [1.54, 1.807) is 0 Å². The fourth-order valence-electron chi connectivity index (χ4n) is 1.76. The minimum atomic E-state index is -0.319. The van der Waals surface area contributed by atoms with E-state index in [-0.39, 0.29) is 23.5 Å². The van der Waals surface area contributed by atoms with E-state index < -0.39 is 0 Å². The number of rotatable bonds is 5. The molecule has 21 heavy (non-hydrogen) atoms. The lowest BCUT2D eigenvalue weighted by Crippen LogP contribution is -2.25. The maximum absolute atomic E-state index is 11.8. The van der Waals surface area contributed by atoms with E-state index in [1.165, 1.54) is 19.1 Å². The van der Waals surface area contributed by atoms with Crippen LogP contribution in [-0.2, 0) is 11.2 Å². The second kappa shape index (κ2) is 6.95. The van der Waals surface area contributed by atoms with Gasteiger partial charge in [0.1, 0.15) is 0 Å². The Hall–Kier alpha value is -2.27. The molecule has 2 N–H and O–H groups in total. The highest BCUT2D eigenvalue weighted by molar-refractivity contribution is 6.30. The van der Waals surface area contributed by atoms with Crippen LogP contribution in [0.15, 0.2) is 40.8 Å². The Morgan fingerprint density at radius 2 is 1.86 bits per heavy atom. The van der Waals surface area contributed by atoms with E-state index in [9.17, 15) is 9.59 Å². The summed E-state index contributed by atoms with van der Waals surface area (Å²) in [5.41, 5.74) is 1.08. The van der Waals surface area contributed by atoms with Crippen LogP contribution in [0.3, 0.4) is 0 Å². The first-order chi connectivity index (χ1) is 10.0. The molecule has 2 aromatic rings. The van der Waals surface area contributed by atoms with Crippen molar-refractivity contribution in [2.24, 2.45) is 0 Å². The van der Waals surface area contributed by atoms with Crippen LogP contribution >= 0.6 is 11.6 Å². The standard InChI is InChI=1S/C15H15ClN2O3/c1-10(19)18-14-7-6-13(21-14)15(20)17-9-8-11-2-4-12(16)5-3-11/h2-7H,8-9H2,1H3,(H,17,20)(H,18,19). The quantitative estimate of drug-likeness (QED) is 0.892. The number of nitrogens with one attached hydrogen (secondary N) is 2. The van der Waals surface area contributed by atoms with E-state index in [0.717, 1.165) is 5.56 Å². The summed E-state index contributed by atoms with van der Waals surface area (Å²) in [5, 5.41) is 5.90. The van der Waals surface area contributed by atoms with Crippen molar-refractivity contribution in [3.8, 4) is 0 Å². The third kappa shape index (κ3) is 4.65. The summed E-state index contributed by atoms with van der Waals surface area (Å²) in [6, 6.07) is 10.5. The van der Waals surface area contributed by atoms with Gasteiger partial charge in [-0.05, 0) is 30.2 Å². The van der Waals surface area contributed by atoms with Crippen LogP contribution in [0, 0.1) is 0 Å². The Bertz CT molecular complexity index is 635. The zero-order chi connectivity index (χ0) is 15.2. The smallest absolute Gasteiger partial charge is 0.287 e. The molecule has 1 aromatic heterocycles. The van der Waals surface area contributed by atoms with Crippen molar-refractivity contribution in [3.05, 3.63) is 52.7 Å². The molecular formula is C15H15ClN2O3. The summed E-state index contributed by atoms with van der Waals surface area (Å²) in [7, 11) is 0. The molecule has 0 atom stereocenters. The van der Waals surface area contributed by atoms with E-state index >= 15 is 0 Å². The molecule has 0 aliphatic heterocycles. The lowest BCUT2D eigenvalue weighted by atomic mass is 10.1. The van der Waals surface area contributed by atoms with Gasteiger partial charge in [-0.1, -0.05) is 23.7 Å². The van der Waals surface area contributed by atoms with Crippen molar-refractivity contribution >= 4 is 29.3 Å². The number of benzene rings is 1. The summed E-state index contributed by atoms with van der Waals surface area (Å²) < 4.78 is 5.21. The van der Waals surface area contributed by atoms with Crippen molar-refractivity contribution in [2.75, 3.05) is 11.9 Å². The molecule has 0 spiro atoms. The summed E-state index contributed by atoms with van der Waals surface area (Å²) in [6.45, 7) is 1.85. The molecule has 0 aliphatic carbocycles. The lowest BCUT2D eigenvalue weighted by molar-refractivity contribution is -0.114. The molecule has 1 aromatic carbocycles. The molecule has 110 valence electrons. The molecule has 2 rings (SSSR count). The fraction of sp³-hybridized carbons (Fsp3) is 0.200. The van der Waals surface area contributed by atoms with Crippen molar-refractivity contribution in [1.29, 1.82) is 0 Å². The molecule has 0 unspecified atom stereocenters. The Morgan fingerprint density at radius 3 is 2.52 bits per heavy atom. The maximum Gasteiger partial charge on any atom is 0.287 e.